The first-order valence-electron chi connectivity index (χ1n) is 8.02. The van der Waals surface area contributed by atoms with Gasteiger partial charge in [-0.3, -0.25) is 4.79 Å². The molecular formula is C16H22N6O2. The fourth-order valence-corrected chi connectivity index (χ4v) is 2.73. The number of hydrogen-bond acceptors (Lipinski definition) is 6. The first-order valence-corrected chi connectivity index (χ1v) is 8.02. The van der Waals surface area contributed by atoms with Crippen molar-refractivity contribution in [2.75, 3.05) is 27.2 Å². The smallest absolute Gasteiger partial charge is 0.242 e. The van der Waals surface area contributed by atoms with E-state index in [9.17, 15) is 4.79 Å². The number of nitrogens with one attached hydrogen (secondary N) is 1. The van der Waals surface area contributed by atoms with Gasteiger partial charge in [-0.15, -0.1) is 5.10 Å². The zero-order valence-corrected chi connectivity index (χ0v) is 14.0. The van der Waals surface area contributed by atoms with Crippen LogP contribution >= 0.6 is 0 Å². The summed E-state index contributed by atoms with van der Waals surface area (Å²) < 4.78 is 6.58. The Morgan fingerprint density at radius 1 is 1.38 bits per heavy atom. The summed E-state index contributed by atoms with van der Waals surface area (Å²) in [5, 5.41) is 11.2. The Morgan fingerprint density at radius 3 is 2.83 bits per heavy atom. The van der Waals surface area contributed by atoms with Crippen LogP contribution in [-0.4, -0.2) is 64.1 Å². The summed E-state index contributed by atoms with van der Waals surface area (Å²) in [6.07, 6.45) is 5.40. The molecule has 8 heteroatoms. The van der Waals surface area contributed by atoms with E-state index in [0.717, 1.165) is 31.5 Å². The van der Waals surface area contributed by atoms with Gasteiger partial charge in [0.25, 0.3) is 0 Å². The molecule has 3 heterocycles. The summed E-state index contributed by atoms with van der Waals surface area (Å²) in [4.78, 5) is 18.6. The van der Waals surface area contributed by atoms with Crippen LogP contribution in [0.3, 0.4) is 0 Å². The number of nitrogens with zero attached hydrogens (tertiary/aromatic N) is 5. The average Bonchev–Trinajstić information content (AvgIpc) is 3.05. The van der Waals surface area contributed by atoms with Crippen LogP contribution in [-0.2, 0) is 11.3 Å². The molecule has 0 atom stereocenters. The van der Waals surface area contributed by atoms with E-state index in [2.05, 4.69) is 32.6 Å². The van der Waals surface area contributed by atoms with Gasteiger partial charge in [0, 0.05) is 23.9 Å². The van der Waals surface area contributed by atoms with E-state index < -0.39 is 0 Å². The molecule has 2 aromatic rings. The lowest BCUT2D eigenvalue weighted by Crippen LogP contribution is -2.44. The SMILES string of the molecule is COc1ccc(-c2cn(CC(=O)NC3CCN(C)CC3)nn2)cn1. The third kappa shape index (κ3) is 4.08. The van der Waals surface area contributed by atoms with Crippen LogP contribution in [0.1, 0.15) is 12.8 Å². The highest BCUT2D eigenvalue weighted by atomic mass is 16.5. The Bertz CT molecular complexity index is 676. The molecule has 1 aliphatic heterocycles. The summed E-state index contributed by atoms with van der Waals surface area (Å²) in [6, 6.07) is 3.88. The van der Waals surface area contributed by atoms with Crippen molar-refractivity contribution in [1.29, 1.82) is 0 Å². The van der Waals surface area contributed by atoms with Crippen LogP contribution in [0.15, 0.2) is 24.5 Å². The number of carbonyl (C=O) groups excluding carboxylic acids is 1. The van der Waals surface area contributed by atoms with E-state index in [1.165, 1.54) is 0 Å². The predicted octanol–water partition coefficient (Wildman–Crippen LogP) is 0.559. The van der Waals surface area contributed by atoms with Gasteiger partial charge in [-0.05, 0) is 39.0 Å². The zero-order valence-electron chi connectivity index (χ0n) is 14.0. The van der Waals surface area contributed by atoms with Crippen LogP contribution in [0.4, 0.5) is 0 Å². The fourth-order valence-electron chi connectivity index (χ4n) is 2.73. The lowest BCUT2D eigenvalue weighted by atomic mass is 10.1. The molecule has 8 nitrogen and oxygen atoms in total. The van der Waals surface area contributed by atoms with Crippen molar-refractivity contribution in [2.45, 2.75) is 25.4 Å². The second-order valence-corrected chi connectivity index (χ2v) is 6.04. The summed E-state index contributed by atoms with van der Waals surface area (Å²) in [5.74, 6) is 0.512. The van der Waals surface area contributed by atoms with Crippen molar-refractivity contribution in [3.8, 4) is 17.1 Å². The molecule has 0 radical (unpaired) electrons. The third-order valence-corrected chi connectivity index (χ3v) is 4.17. The van der Waals surface area contributed by atoms with Crippen LogP contribution in [0.5, 0.6) is 5.88 Å². The number of amides is 1. The number of carbonyl (C=O) groups is 1. The average molecular weight is 330 g/mol. The van der Waals surface area contributed by atoms with Crippen molar-refractivity contribution in [2.24, 2.45) is 0 Å². The second kappa shape index (κ2) is 7.39. The van der Waals surface area contributed by atoms with Gasteiger partial charge in [0.15, 0.2) is 0 Å². The van der Waals surface area contributed by atoms with Gasteiger partial charge in [0.1, 0.15) is 12.2 Å². The van der Waals surface area contributed by atoms with Crippen molar-refractivity contribution in [3.05, 3.63) is 24.5 Å². The molecule has 0 aromatic carbocycles. The topological polar surface area (TPSA) is 85.2 Å². The normalized spacial score (nSPS) is 16.1. The van der Waals surface area contributed by atoms with Crippen molar-refractivity contribution < 1.29 is 9.53 Å². The molecule has 1 aliphatic rings. The minimum atomic E-state index is -0.0335. The number of aromatic nitrogens is 4. The molecule has 3 rings (SSSR count). The molecular weight excluding hydrogens is 308 g/mol. The van der Waals surface area contributed by atoms with Gasteiger partial charge in [0.05, 0.1) is 13.3 Å². The molecule has 1 amide bonds. The van der Waals surface area contributed by atoms with Crippen LogP contribution in [0.25, 0.3) is 11.3 Å². The summed E-state index contributed by atoms with van der Waals surface area (Å²) >= 11 is 0. The highest BCUT2D eigenvalue weighted by molar-refractivity contribution is 5.76. The lowest BCUT2D eigenvalue weighted by Gasteiger charge is -2.29. The standard InChI is InChI=1S/C16H22N6O2/c1-21-7-5-13(6-8-21)18-15(23)11-22-10-14(19-20-22)12-3-4-16(24-2)17-9-12/h3-4,9-10,13H,5-8,11H2,1-2H3,(H,18,23). The number of piperidine rings is 1. The maximum absolute atomic E-state index is 12.1. The first-order chi connectivity index (χ1) is 11.6. The maximum Gasteiger partial charge on any atom is 0.242 e. The molecule has 0 aliphatic carbocycles. The summed E-state index contributed by atoms with van der Waals surface area (Å²) in [7, 11) is 3.67. The molecule has 1 N–H and O–H groups in total. The second-order valence-electron chi connectivity index (χ2n) is 6.04. The minimum absolute atomic E-state index is 0.0335. The Labute approximate surface area is 140 Å². The third-order valence-electron chi connectivity index (χ3n) is 4.17. The van der Waals surface area contributed by atoms with Crippen LogP contribution < -0.4 is 10.1 Å². The Balaban J connectivity index is 1.56. The van der Waals surface area contributed by atoms with E-state index in [-0.39, 0.29) is 18.5 Å². The maximum atomic E-state index is 12.1. The number of methoxy groups -OCH3 is 1. The van der Waals surface area contributed by atoms with Gasteiger partial charge in [-0.1, -0.05) is 5.21 Å². The van der Waals surface area contributed by atoms with Crippen molar-refractivity contribution in [3.63, 3.8) is 0 Å². The molecule has 0 unspecified atom stereocenters. The van der Waals surface area contributed by atoms with E-state index in [0.29, 0.717) is 11.6 Å². The Kier molecular flexibility index (Phi) is 5.05. The van der Waals surface area contributed by atoms with E-state index in [1.54, 1.807) is 30.3 Å². The number of likely N-dealkylation sites (tertiary alicyclic amines) is 1. The quantitative estimate of drug-likeness (QED) is 0.862. The van der Waals surface area contributed by atoms with Gasteiger partial charge in [-0.2, -0.15) is 0 Å². The molecule has 0 saturated carbocycles. The zero-order chi connectivity index (χ0) is 16.9. The van der Waals surface area contributed by atoms with Crippen molar-refractivity contribution in [1.82, 2.24) is 30.2 Å². The molecule has 128 valence electrons. The van der Waals surface area contributed by atoms with Crippen LogP contribution in [0, 0.1) is 0 Å². The van der Waals surface area contributed by atoms with E-state index >= 15 is 0 Å². The monoisotopic (exact) mass is 330 g/mol. The van der Waals surface area contributed by atoms with Gasteiger partial charge in [0.2, 0.25) is 11.8 Å². The molecule has 0 bridgehead atoms. The fraction of sp³-hybridized carbons (Fsp3) is 0.500. The van der Waals surface area contributed by atoms with E-state index in [1.807, 2.05) is 6.07 Å². The molecule has 24 heavy (non-hydrogen) atoms. The Hall–Kier alpha value is -2.48. The minimum Gasteiger partial charge on any atom is -0.481 e. The van der Waals surface area contributed by atoms with Crippen LogP contribution in [0.2, 0.25) is 0 Å². The largest absolute Gasteiger partial charge is 0.481 e. The van der Waals surface area contributed by atoms with Gasteiger partial charge < -0.3 is 15.0 Å². The van der Waals surface area contributed by atoms with Gasteiger partial charge in [-0.25, -0.2) is 9.67 Å². The van der Waals surface area contributed by atoms with Crippen molar-refractivity contribution >= 4 is 5.91 Å². The number of ether oxygens (including phenoxy) is 1. The lowest BCUT2D eigenvalue weighted by molar-refractivity contribution is -0.122. The van der Waals surface area contributed by atoms with E-state index in [4.69, 9.17) is 4.74 Å². The highest BCUT2D eigenvalue weighted by Gasteiger charge is 2.18. The molecule has 1 fully saturated rings. The summed E-state index contributed by atoms with van der Waals surface area (Å²) in [6.45, 7) is 2.20. The molecule has 0 spiro atoms. The Morgan fingerprint density at radius 2 is 2.17 bits per heavy atom. The first kappa shape index (κ1) is 16.4. The number of pyridine rings is 1. The molecule has 1 saturated heterocycles. The van der Waals surface area contributed by atoms with Gasteiger partial charge >= 0.3 is 0 Å². The number of hydrogen-bond donors (Lipinski definition) is 1. The number of rotatable bonds is 5. The highest BCUT2D eigenvalue weighted by Crippen LogP contribution is 2.17. The molecule has 2 aromatic heterocycles. The summed E-state index contributed by atoms with van der Waals surface area (Å²) in [5.41, 5.74) is 1.51. The predicted molar refractivity (Wildman–Crippen MR) is 88.5 cm³/mol.